The minimum absolute atomic E-state index is 0.133. The topological polar surface area (TPSA) is 65.1 Å². The van der Waals surface area contributed by atoms with Crippen LogP contribution >= 0.6 is 7.75 Å². The molecule has 134 valence electrons. The smallest absolute Gasteiger partial charge is 0.418 e. The Morgan fingerprint density at radius 3 is 2.26 bits per heavy atom. The van der Waals surface area contributed by atoms with Crippen LogP contribution < -0.4 is 0 Å². The number of alkyl halides is 3. The van der Waals surface area contributed by atoms with E-state index in [9.17, 15) is 22.5 Å². The SMILES string of the molecule is CCOP(=O)(OCC)N1CC=C(C)CC1(C(=O)OC)C(F)(F)F. The molecule has 1 rings (SSSR count). The Labute approximate surface area is 133 Å². The lowest BCUT2D eigenvalue weighted by Crippen LogP contribution is -2.64. The molecule has 0 radical (unpaired) electrons. The van der Waals surface area contributed by atoms with Gasteiger partial charge in [-0.05, 0) is 20.8 Å². The molecule has 1 atom stereocenters. The zero-order valence-corrected chi connectivity index (χ0v) is 14.4. The van der Waals surface area contributed by atoms with Crippen molar-refractivity contribution in [1.82, 2.24) is 4.67 Å². The normalized spacial score (nSPS) is 23.5. The van der Waals surface area contributed by atoms with E-state index >= 15 is 0 Å². The van der Waals surface area contributed by atoms with Crippen molar-refractivity contribution in [2.45, 2.75) is 38.9 Å². The summed E-state index contributed by atoms with van der Waals surface area (Å²) in [7, 11) is -3.48. The largest absolute Gasteiger partial charge is 0.467 e. The first kappa shape index (κ1) is 20.2. The molecule has 0 aliphatic carbocycles. The van der Waals surface area contributed by atoms with Gasteiger partial charge in [-0.1, -0.05) is 11.6 Å². The zero-order valence-electron chi connectivity index (χ0n) is 13.5. The monoisotopic (exact) mass is 359 g/mol. The highest BCUT2D eigenvalue weighted by Gasteiger charge is 2.69. The van der Waals surface area contributed by atoms with Gasteiger partial charge < -0.3 is 4.74 Å². The Hall–Kier alpha value is -0.890. The molecule has 0 aromatic carbocycles. The molecule has 1 heterocycles. The van der Waals surface area contributed by atoms with Crippen LogP contribution in [0.25, 0.3) is 0 Å². The molecule has 0 spiro atoms. The van der Waals surface area contributed by atoms with E-state index in [1.165, 1.54) is 26.8 Å². The van der Waals surface area contributed by atoms with Gasteiger partial charge in [0, 0.05) is 13.0 Å². The van der Waals surface area contributed by atoms with Crippen LogP contribution in [-0.4, -0.2) is 49.2 Å². The summed E-state index contributed by atoms with van der Waals surface area (Å²) in [5, 5.41) is 0. The lowest BCUT2D eigenvalue weighted by atomic mass is 9.87. The molecule has 1 aliphatic heterocycles. The standard InChI is InChI=1S/C13H21F3NO5P/c1-5-21-23(19,22-6-2)17-8-7-10(3)9-12(17,11(18)20-4)13(14,15)16/h7H,5-6,8-9H2,1-4H3. The van der Waals surface area contributed by atoms with Gasteiger partial charge in [0.25, 0.3) is 0 Å². The number of carbonyl (C=O) groups is 1. The molecule has 0 saturated carbocycles. The fourth-order valence-corrected chi connectivity index (χ4v) is 4.46. The van der Waals surface area contributed by atoms with Crippen LogP contribution in [0.1, 0.15) is 27.2 Å². The van der Waals surface area contributed by atoms with Crippen molar-refractivity contribution in [1.29, 1.82) is 0 Å². The van der Waals surface area contributed by atoms with Crippen LogP contribution in [0.4, 0.5) is 13.2 Å². The summed E-state index contributed by atoms with van der Waals surface area (Å²) in [5.74, 6) is -1.54. The highest BCUT2D eigenvalue weighted by Crippen LogP contribution is 2.60. The number of nitrogens with zero attached hydrogens (tertiary/aromatic N) is 1. The molecule has 0 amide bonds. The lowest BCUT2D eigenvalue weighted by molar-refractivity contribution is -0.231. The molecular formula is C13H21F3NO5P. The van der Waals surface area contributed by atoms with Crippen LogP contribution in [-0.2, 0) is 23.1 Å². The average molecular weight is 359 g/mol. The van der Waals surface area contributed by atoms with Crippen molar-refractivity contribution in [2.75, 3.05) is 26.9 Å². The first-order valence-electron chi connectivity index (χ1n) is 7.07. The van der Waals surface area contributed by atoms with Crippen molar-refractivity contribution in [3.63, 3.8) is 0 Å². The lowest BCUT2D eigenvalue weighted by Gasteiger charge is -2.46. The average Bonchev–Trinajstić information content (AvgIpc) is 2.45. The van der Waals surface area contributed by atoms with Crippen LogP contribution in [0.2, 0.25) is 0 Å². The van der Waals surface area contributed by atoms with Crippen LogP contribution in [0.3, 0.4) is 0 Å². The Morgan fingerprint density at radius 1 is 1.35 bits per heavy atom. The van der Waals surface area contributed by atoms with E-state index in [4.69, 9.17) is 9.05 Å². The molecular weight excluding hydrogens is 338 g/mol. The summed E-state index contributed by atoms with van der Waals surface area (Å²) in [6, 6.07) is 0. The molecule has 1 unspecified atom stereocenters. The Morgan fingerprint density at radius 2 is 1.87 bits per heavy atom. The van der Waals surface area contributed by atoms with Crippen LogP contribution in [0, 0.1) is 0 Å². The van der Waals surface area contributed by atoms with Gasteiger partial charge in [0.05, 0.1) is 20.3 Å². The van der Waals surface area contributed by atoms with E-state index in [1.54, 1.807) is 0 Å². The molecule has 6 nitrogen and oxygen atoms in total. The third-order valence-corrected chi connectivity index (χ3v) is 5.73. The first-order valence-corrected chi connectivity index (χ1v) is 8.56. The Kier molecular flexibility index (Phi) is 6.43. The molecule has 0 saturated heterocycles. The second-order valence-electron chi connectivity index (χ2n) is 4.96. The number of methoxy groups -OCH3 is 1. The van der Waals surface area contributed by atoms with E-state index in [0.29, 0.717) is 10.2 Å². The van der Waals surface area contributed by atoms with E-state index in [1.807, 2.05) is 0 Å². The van der Waals surface area contributed by atoms with Gasteiger partial charge in [-0.3, -0.25) is 9.05 Å². The fraction of sp³-hybridized carbons (Fsp3) is 0.769. The minimum Gasteiger partial charge on any atom is -0.467 e. The summed E-state index contributed by atoms with van der Waals surface area (Å²) >= 11 is 0. The van der Waals surface area contributed by atoms with Crippen molar-refractivity contribution in [2.24, 2.45) is 0 Å². The summed E-state index contributed by atoms with van der Waals surface area (Å²) in [6.07, 6.45) is -4.27. The zero-order chi connectivity index (χ0) is 17.9. The minimum atomic E-state index is -5.03. The predicted molar refractivity (Wildman–Crippen MR) is 76.7 cm³/mol. The van der Waals surface area contributed by atoms with Crippen molar-refractivity contribution >= 4 is 13.7 Å². The highest BCUT2D eigenvalue weighted by atomic mass is 31.2. The van der Waals surface area contributed by atoms with Crippen LogP contribution in [0.5, 0.6) is 0 Å². The molecule has 23 heavy (non-hydrogen) atoms. The third kappa shape index (κ3) is 3.63. The number of esters is 1. The highest BCUT2D eigenvalue weighted by molar-refractivity contribution is 7.51. The van der Waals surface area contributed by atoms with E-state index in [0.717, 1.165) is 7.11 Å². The van der Waals surface area contributed by atoms with Crippen molar-refractivity contribution in [3.8, 4) is 0 Å². The number of halogens is 3. The van der Waals surface area contributed by atoms with Gasteiger partial charge in [0.1, 0.15) is 0 Å². The fourth-order valence-electron chi connectivity index (χ4n) is 2.49. The summed E-state index contributed by atoms with van der Waals surface area (Å²) in [4.78, 5) is 12.1. The van der Waals surface area contributed by atoms with Crippen molar-refractivity contribution in [3.05, 3.63) is 11.6 Å². The second kappa shape index (κ2) is 7.34. The summed E-state index contributed by atoms with van der Waals surface area (Å²) in [6.45, 7) is 3.75. The third-order valence-electron chi connectivity index (χ3n) is 3.46. The predicted octanol–water partition coefficient (Wildman–Crippen LogP) is 3.29. The van der Waals surface area contributed by atoms with Gasteiger partial charge in [0.2, 0.25) is 5.54 Å². The van der Waals surface area contributed by atoms with E-state index in [-0.39, 0.29) is 13.2 Å². The molecule has 0 N–H and O–H groups in total. The second-order valence-corrected chi connectivity index (χ2v) is 6.90. The van der Waals surface area contributed by atoms with Gasteiger partial charge in [0.15, 0.2) is 0 Å². The van der Waals surface area contributed by atoms with E-state index in [2.05, 4.69) is 4.74 Å². The number of rotatable bonds is 6. The van der Waals surface area contributed by atoms with Gasteiger partial charge >= 0.3 is 19.9 Å². The Balaban J connectivity index is 3.56. The molecule has 0 fully saturated rings. The van der Waals surface area contributed by atoms with E-state index < -0.39 is 38.4 Å². The molecule has 0 aromatic rings. The van der Waals surface area contributed by atoms with Gasteiger partial charge in [-0.25, -0.2) is 9.36 Å². The maximum Gasteiger partial charge on any atom is 0.418 e. The first-order chi connectivity index (χ1) is 10.6. The number of hydrogen-bond donors (Lipinski definition) is 0. The molecule has 0 bridgehead atoms. The quantitative estimate of drug-likeness (QED) is 0.412. The maximum atomic E-state index is 13.9. The van der Waals surface area contributed by atoms with Crippen LogP contribution in [0.15, 0.2) is 11.6 Å². The van der Waals surface area contributed by atoms with Crippen molar-refractivity contribution < 1.29 is 36.3 Å². The molecule has 10 heteroatoms. The number of hydrogen-bond acceptors (Lipinski definition) is 5. The van der Waals surface area contributed by atoms with Gasteiger partial charge in [-0.15, -0.1) is 0 Å². The summed E-state index contributed by atoms with van der Waals surface area (Å²) < 4.78 is 69.4. The Bertz CT molecular complexity index is 512. The molecule has 1 aliphatic rings. The number of ether oxygens (including phenoxy) is 1. The molecule has 0 aromatic heterocycles. The summed E-state index contributed by atoms with van der Waals surface area (Å²) in [5.41, 5.74) is -2.77. The maximum absolute atomic E-state index is 13.9. The van der Waals surface area contributed by atoms with Gasteiger partial charge in [-0.2, -0.15) is 17.8 Å². The number of carbonyl (C=O) groups excluding carboxylic acids is 1.